The summed E-state index contributed by atoms with van der Waals surface area (Å²) in [5.41, 5.74) is 5.43. The fourth-order valence-electron chi connectivity index (χ4n) is 2.93. The van der Waals surface area contributed by atoms with Gasteiger partial charge in [0.1, 0.15) is 5.54 Å². The van der Waals surface area contributed by atoms with Crippen molar-refractivity contribution in [2.75, 3.05) is 19.7 Å². The monoisotopic (exact) mass is 226 g/mol. The minimum Gasteiger partial charge on any atom is -0.465 e. The minimum absolute atomic E-state index is 0.211. The van der Waals surface area contributed by atoms with Crippen LogP contribution >= 0.6 is 0 Å². The van der Waals surface area contributed by atoms with Gasteiger partial charge in [-0.2, -0.15) is 0 Å². The molecule has 2 aliphatic rings. The van der Waals surface area contributed by atoms with Gasteiger partial charge in [0, 0.05) is 6.04 Å². The molecule has 0 spiro atoms. The fourth-order valence-corrected chi connectivity index (χ4v) is 2.93. The maximum Gasteiger partial charge on any atom is 0.326 e. The van der Waals surface area contributed by atoms with Gasteiger partial charge in [-0.1, -0.05) is 0 Å². The van der Waals surface area contributed by atoms with Crippen molar-refractivity contribution >= 4 is 5.97 Å². The number of likely N-dealkylation sites (tertiary alicyclic amines) is 1. The lowest BCUT2D eigenvalue weighted by molar-refractivity contribution is -0.149. The molecule has 92 valence electrons. The predicted octanol–water partition coefficient (Wildman–Crippen LogP) is 0.895. The second-order valence-corrected chi connectivity index (χ2v) is 5.02. The second-order valence-electron chi connectivity index (χ2n) is 5.02. The molecular weight excluding hydrogens is 204 g/mol. The maximum atomic E-state index is 11.8. The van der Waals surface area contributed by atoms with E-state index in [4.69, 9.17) is 10.5 Å². The number of hydrogen-bond donors (Lipinski definition) is 1. The van der Waals surface area contributed by atoms with Gasteiger partial charge in [-0.25, -0.2) is 0 Å². The number of hydrogen-bond acceptors (Lipinski definition) is 4. The van der Waals surface area contributed by atoms with Gasteiger partial charge in [-0.15, -0.1) is 0 Å². The van der Waals surface area contributed by atoms with Gasteiger partial charge in [-0.05, 0) is 52.1 Å². The summed E-state index contributed by atoms with van der Waals surface area (Å²) in [5.74, 6) is -0.211. The minimum atomic E-state index is -0.719. The van der Waals surface area contributed by atoms with Gasteiger partial charge < -0.3 is 15.4 Å². The first-order valence-electron chi connectivity index (χ1n) is 6.36. The summed E-state index contributed by atoms with van der Waals surface area (Å²) in [6.45, 7) is 4.59. The van der Waals surface area contributed by atoms with E-state index in [2.05, 4.69) is 4.90 Å². The Morgan fingerprint density at radius 3 is 2.81 bits per heavy atom. The lowest BCUT2D eigenvalue weighted by atomic mass is 9.99. The van der Waals surface area contributed by atoms with E-state index in [-0.39, 0.29) is 5.97 Å². The van der Waals surface area contributed by atoms with Crippen LogP contribution in [0.1, 0.15) is 39.0 Å². The number of nitrogens with zero attached hydrogens (tertiary/aromatic N) is 1. The molecule has 0 aromatic carbocycles. The maximum absolute atomic E-state index is 11.8. The molecule has 1 heterocycles. The third-order valence-corrected chi connectivity index (χ3v) is 3.86. The van der Waals surface area contributed by atoms with Gasteiger partial charge in [0.25, 0.3) is 0 Å². The van der Waals surface area contributed by atoms with Crippen LogP contribution in [0.3, 0.4) is 0 Å². The number of rotatable bonds is 3. The average molecular weight is 226 g/mol. The molecule has 4 heteroatoms. The van der Waals surface area contributed by atoms with Crippen LogP contribution < -0.4 is 5.73 Å². The second kappa shape index (κ2) is 4.72. The first-order chi connectivity index (χ1) is 7.65. The lowest BCUT2D eigenvalue weighted by Gasteiger charge is -2.26. The first kappa shape index (κ1) is 11.9. The SMILES string of the molecule is CCOC(=O)C1(N)CCC(N2CCCC2)C1. The Balaban J connectivity index is 1.92. The molecule has 2 rings (SSSR count). The van der Waals surface area contributed by atoms with Gasteiger partial charge in [0.15, 0.2) is 0 Å². The zero-order valence-corrected chi connectivity index (χ0v) is 10.1. The Bertz CT molecular complexity index is 264. The van der Waals surface area contributed by atoms with Crippen LogP contribution in [0.5, 0.6) is 0 Å². The number of carbonyl (C=O) groups is 1. The van der Waals surface area contributed by atoms with E-state index >= 15 is 0 Å². The molecule has 1 saturated heterocycles. The predicted molar refractivity (Wildman–Crippen MR) is 62.0 cm³/mol. The summed E-state index contributed by atoms with van der Waals surface area (Å²) in [4.78, 5) is 14.2. The summed E-state index contributed by atoms with van der Waals surface area (Å²) in [6.07, 6.45) is 5.15. The molecule has 2 atom stereocenters. The number of carbonyl (C=O) groups excluding carboxylic acids is 1. The summed E-state index contributed by atoms with van der Waals surface area (Å²) in [6, 6.07) is 0.497. The summed E-state index contributed by atoms with van der Waals surface area (Å²) in [5, 5.41) is 0. The molecule has 2 unspecified atom stereocenters. The highest BCUT2D eigenvalue weighted by Crippen LogP contribution is 2.33. The fraction of sp³-hybridized carbons (Fsp3) is 0.917. The van der Waals surface area contributed by atoms with E-state index in [1.54, 1.807) is 0 Å². The van der Waals surface area contributed by atoms with E-state index in [0.29, 0.717) is 12.6 Å². The molecule has 16 heavy (non-hydrogen) atoms. The number of nitrogens with two attached hydrogens (primary N) is 1. The van der Waals surface area contributed by atoms with E-state index in [1.807, 2.05) is 6.92 Å². The molecule has 0 aromatic heterocycles. The summed E-state index contributed by atoms with van der Waals surface area (Å²) in [7, 11) is 0. The van der Waals surface area contributed by atoms with Crippen molar-refractivity contribution in [3.05, 3.63) is 0 Å². The summed E-state index contributed by atoms with van der Waals surface area (Å²) < 4.78 is 5.06. The van der Waals surface area contributed by atoms with E-state index < -0.39 is 5.54 Å². The Hall–Kier alpha value is -0.610. The zero-order valence-electron chi connectivity index (χ0n) is 10.1. The third-order valence-electron chi connectivity index (χ3n) is 3.86. The molecule has 1 saturated carbocycles. The highest BCUT2D eigenvalue weighted by molar-refractivity contribution is 5.81. The third kappa shape index (κ3) is 2.23. The van der Waals surface area contributed by atoms with Crippen LogP contribution in [0.2, 0.25) is 0 Å². The Morgan fingerprint density at radius 1 is 1.50 bits per heavy atom. The van der Waals surface area contributed by atoms with Crippen molar-refractivity contribution in [2.45, 2.75) is 50.6 Å². The van der Waals surface area contributed by atoms with Crippen molar-refractivity contribution in [1.82, 2.24) is 4.90 Å². The molecule has 0 bridgehead atoms. The Morgan fingerprint density at radius 2 is 2.19 bits per heavy atom. The molecular formula is C12H22N2O2. The van der Waals surface area contributed by atoms with Crippen LogP contribution in [-0.2, 0) is 9.53 Å². The average Bonchev–Trinajstić information content (AvgIpc) is 2.87. The van der Waals surface area contributed by atoms with Crippen molar-refractivity contribution < 1.29 is 9.53 Å². The van der Waals surface area contributed by atoms with Crippen molar-refractivity contribution in [3.8, 4) is 0 Å². The quantitative estimate of drug-likeness (QED) is 0.726. The first-order valence-corrected chi connectivity index (χ1v) is 6.36. The molecule has 0 amide bonds. The number of esters is 1. The van der Waals surface area contributed by atoms with Crippen molar-refractivity contribution in [3.63, 3.8) is 0 Å². The topological polar surface area (TPSA) is 55.6 Å². The molecule has 2 N–H and O–H groups in total. The van der Waals surface area contributed by atoms with Gasteiger partial charge in [-0.3, -0.25) is 4.79 Å². The van der Waals surface area contributed by atoms with Crippen LogP contribution in [0.4, 0.5) is 0 Å². The zero-order chi connectivity index (χ0) is 11.6. The van der Waals surface area contributed by atoms with E-state index in [0.717, 1.165) is 19.3 Å². The lowest BCUT2D eigenvalue weighted by Crippen LogP contribution is -2.48. The molecule has 0 radical (unpaired) electrons. The molecule has 4 nitrogen and oxygen atoms in total. The number of ether oxygens (including phenoxy) is 1. The summed E-state index contributed by atoms with van der Waals surface area (Å²) >= 11 is 0. The van der Waals surface area contributed by atoms with Crippen LogP contribution in [0.25, 0.3) is 0 Å². The van der Waals surface area contributed by atoms with Gasteiger partial charge in [0.05, 0.1) is 6.61 Å². The molecule has 0 aromatic rings. The van der Waals surface area contributed by atoms with Crippen molar-refractivity contribution in [2.24, 2.45) is 5.73 Å². The normalized spacial score (nSPS) is 35.5. The van der Waals surface area contributed by atoms with Crippen molar-refractivity contribution in [1.29, 1.82) is 0 Å². The standard InChI is InChI=1S/C12H22N2O2/c1-2-16-11(15)12(13)6-5-10(9-12)14-7-3-4-8-14/h10H,2-9,13H2,1H3. The molecule has 2 fully saturated rings. The van der Waals surface area contributed by atoms with E-state index in [1.165, 1.54) is 25.9 Å². The Labute approximate surface area is 97.1 Å². The van der Waals surface area contributed by atoms with Crippen LogP contribution in [-0.4, -0.2) is 42.1 Å². The van der Waals surface area contributed by atoms with Gasteiger partial charge >= 0.3 is 5.97 Å². The Kier molecular flexibility index (Phi) is 3.50. The molecule has 1 aliphatic heterocycles. The van der Waals surface area contributed by atoms with Gasteiger partial charge in [0.2, 0.25) is 0 Å². The van der Waals surface area contributed by atoms with Crippen LogP contribution in [0, 0.1) is 0 Å². The van der Waals surface area contributed by atoms with E-state index in [9.17, 15) is 4.79 Å². The largest absolute Gasteiger partial charge is 0.465 e. The highest BCUT2D eigenvalue weighted by Gasteiger charge is 2.45. The smallest absolute Gasteiger partial charge is 0.326 e. The molecule has 1 aliphatic carbocycles. The highest BCUT2D eigenvalue weighted by atomic mass is 16.5. The van der Waals surface area contributed by atoms with Crippen LogP contribution in [0.15, 0.2) is 0 Å².